The van der Waals surface area contributed by atoms with Crippen molar-refractivity contribution in [3.8, 4) is 0 Å². The van der Waals surface area contributed by atoms with Crippen molar-refractivity contribution in [2.24, 2.45) is 0 Å². The highest BCUT2D eigenvalue weighted by molar-refractivity contribution is 5.87. The summed E-state index contributed by atoms with van der Waals surface area (Å²) in [5.41, 5.74) is 4.35. The second-order valence-corrected chi connectivity index (χ2v) is 7.26. The fourth-order valence-corrected chi connectivity index (χ4v) is 3.66. The maximum absolute atomic E-state index is 12.9. The van der Waals surface area contributed by atoms with Crippen molar-refractivity contribution < 1.29 is 9.59 Å². The zero-order valence-electron chi connectivity index (χ0n) is 16.3. The van der Waals surface area contributed by atoms with Gasteiger partial charge in [-0.15, -0.1) is 0 Å². The van der Waals surface area contributed by atoms with Gasteiger partial charge in [-0.05, 0) is 22.3 Å². The molecule has 29 heavy (non-hydrogen) atoms. The van der Waals surface area contributed by atoms with Gasteiger partial charge in [-0.2, -0.15) is 5.10 Å². The molecule has 148 valence electrons. The molecule has 1 aliphatic heterocycles. The number of fused-ring (bicyclic) bond motifs is 1. The molecule has 0 radical (unpaired) electrons. The van der Waals surface area contributed by atoms with E-state index >= 15 is 0 Å². The van der Waals surface area contributed by atoms with Crippen LogP contribution in [0.2, 0.25) is 0 Å². The normalized spacial score (nSPS) is 15.6. The Bertz CT molecular complexity index is 998. The van der Waals surface area contributed by atoms with Gasteiger partial charge in [0.15, 0.2) is 0 Å². The van der Waals surface area contributed by atoms with E-state index in [0.29, 0.717) is 26.1 Å². The number of nitrogens with one attached hydrogen (secondary N) is 1. The lowest BCUT2D eigenvalue weighted by atomic mass is 9.93. The Morgan fingerprint density at radius 2 is 1.79 bits per heavy atom. The summed E-state index contributed by atoms with van der Waals surface area (Å²) < 4.78 is 1.76. The third-order valence-corrected chi connectivity index (χ3v) is 5.26. The molecule has 0 saturated heterocycles. The molecule has 7 nitrogen and oxygen atoms in total. The van der Waals surface area contributed by atoms with Crippen LogP contribution in [0, 0.1) is 0 Å². The highest BCUT2D eigenvalue weighted by Gasteiger charge is 2.32. The van der Waals surface area contributed by atoms with Gasteiger partial charge in [0.05, 0.1) is 6.54 Å². The van der Waals surface area contributed by atoms with Gasteiger partial charge in [-0.3, -0.25) is 9.59 Å². The molecule has 1 atom stereocenters. The molecule has 1 aliphatic rings. The van der Waals surface area contributed by atoms with Crippen LogP contribution < -0.4 is 5.32 Å². The molecule has 2 amide bonds. The number of benzene rings is 2. The number of carbonyl (C=O) groups is 2. The lowest BCUT2D eigenvalue weighted by Gasteiger charge is -2.35. The van der Waals surface area contributed by atoms with Gasteiger partial charge in [-0.1, -0.05) is 48.5 Å². The summed E-state index contributed by atoms with van der Waals surface area (Å²) in [4.78, 5) is 30.5. The molecule has 0 bridgehead atoms. The molecule has 2 heterocycles. The van der Waals surface area contributed by atoms with E-state index in [9.17, 15) is 9.59 Å². The molecule has 7 heteroatoms. The van der Waals surface area contributed by atoms with Gasteiger partial charge < -0.3 is 10.2 Å². The van der Waals surface area contributed by atoms with E-state index in [4.69, 9.17) is 0 Å². The molecule has 2 aromatic carbocycles. The maximum atomic E-state index is 12.9. The van der Waals surface area contributed by atoms with E-state index in [1.165, 1.54) is 13.3 Å². The van der Waals surface area contributed by atoms with Crippen molar-refractivity contribution in [1.82, 2.24) is 25.0 Å². The van der Waals surface area contributed by atoms with Crippen LogP contribution in [-0.2, 0) is 35.6 Å². The molecule has 0 aliphatic carbocycles. The highest BCUT2D eigenvalue weighted by atomic mass is 16.2. The van der Waals surface area contributed by atoms with Crippen LogP contribution in [0.5, 0.6) is 0 Å². The van der Waals surface area contributed by atoms with Crippen molar-refractivity contribution in [2.45, 2.75) is 39.0 Å². The van der Waals surface area contributed by atoms with E-state index < -0.39 is 6.04 Å². The summed E-state index contributed by atoms with van der Waals surface area (Å²) in [5, 5.41) is 7.09. The number of rotatable bonds is 5. The Morgan fingerprint density at radius 1 is 1.07 bits per heavy atom. The van der Waals surface area contributed by atoms with E-state index in [0.717, 1.165) is 22.3 Å². The van der Waals surface area contributed by atoms with Crippen LogP contribution in [0.25, 0.3) is 0 Å². The zero-order valence-corrected chi connectivity index (χ0v) is 16.3. The molecular formula is C22H23N5O2. The van der Waals surface area contributed by atoms with Crippen molar-refractivity contribution in [1.29, 1.82) is 0 Å². The summed E-state index contributed by atoms with van der Waals surface area (Å²) in [5.74, 6) is -0.210. The quantitative estimate of drug-likeness (QED) is 0.723. The van der Waals surface area contributed by atoms with Crippen molar-refractivity contribution in [3.63, 3.8) is 0 Å². The molecule has 0 saturated carbocycles. The van der Waals surface area contributed by atoms with Crippen LogP contribution in [-0.4, -0.2) is 37.5 Å². The van der Waals surface area contributed by atoms with Gasteiger partial charge in [0.25, 0.3) is 0 Å². The van der Waals surface area contributed by atoms with E-state index in [2.05, 4.69) is 15.4 Å². The minimum absolute atomic E-state index is 0.0860. The lowest BCUT2D eigenvalue weighted by molar-refractivity contribution is -0.140. The van der Waals surface area contributed by atoms with Crippen LogP contribution >= 0.6 is 0 Å². The molecule has 4 rings (SSSR count). The number of aromatic nitrogens is 3. The number of hydrogen-bond acceptors (Lipinski definition) is 4. The van der Waals surface area contributed by atoms with Gasteiger partial charge in [0.1, 0.15) is 18.7 Å². The standard InChI is InChI=1S/C22H23N5O2/c1-16(28)27-13-20-5-3-2-4-19(20)10-21(27)22(29)24-11-17-6-8-18(9-7-17)12-26-15-23-14-25-26/h2-9,14-15,21H,10-13H2,1H3,(H,24,29)/t21-/m0/s1. The summed E-state index contributed by atoms with van der Waals surface area (Å²) in [6, 6.07) is 15.5. The van der Waals surface area contributed by atoms with Crippen LogP contribution in [0.1, 0.15) is 29.2 Å². The van der Waals surface area contributed by atoms with E-state index in [-0.39, 0.29) is 11.8 Å². The van der Waals surface area contributed by atoms with Crippen molar-refractivity contribution >= 4 is 11.8 Å². The third-order valence-electron chi connectivity index (χ3n) is 5.26. The summed E-state index contributed by atoms with van der Waals surface area (Å²) in [7, 11) is 0. The number of carbonyl (C=O) groups excluding carboxylic acids is 2. The summed E-state index contributed by atoms with van der Waals surface area (Å²) >= 11 is 0. The molecule has 3 aromatic rings. The first-order chi connectivity index (χ1) is 14.1. The molecular weight excluding hydrogens is 366 g/mol. The summed E-state index contributed by atoms with van der Waals surface area (Å²) in [6.45, 7) is 3.07. The number of amides is 2. The maximum Gasteiger partial charge on any atom is 0.243 e. The first-order valence-corrected chi connectivity index (χ1v) is 9.62. The number of nitrogens with zero attached hydrogens (tertiary/aromatic N) is 4. The largest absolute Gasteiger partial charge is 0.350 e. The molecule has 1 aromatic heterocycles. The van der Waals surface area contributed by atoms with Gasteiger partial charge in [-0.25, -0.2) is 9.67 Å². The predicted octanol–water partition coefficient (Wildman–Crippen LogP) is 1.92. The molecule has 0 spiro atoms. The minimum atomic E-state index is -0.478. The van der Waals surface area contributed by atoms with Crippen LogP contribution in [0.3, 0.4) is 0 Å². The predicted molar refractivity (Wildman–Crippen MR) is 108 cm³/mol. The Balaban J connectivity index is 1.39. The second kappa shape index (κ2) is 8.26. The number of hydrogen-bond donors (Lipinski definition) is 1. The second-order valence-electron chi connectivity index (χ2n) is 7.26. The average Bonchev–Trinajstić information content (AvgIpc) is 3.25. The van der Waals surface area contributed by atoms with Crippen LogP contribution in [0.15, 0.2) is 61.2 Å². The van der Waals surface area contributed by atoms with Crippen LogP contribution in [0.4, 0.5) is 0 Å². The topological polar surface area (TPSA) is 80.1 Å². The first-order valence-electron chi connectivity index (χ1n) is 9.62. The van der Waals surface area contributed by atoms with Crippen molar-refractivity contribution in [3.05, 3.63) is 83.4 Å². The first kappa shape index (κ1) is 18.9. The SMILES string of the molecule is CC(=O)N1Cc2ccccc2C[C@H]1C(=O)NCc1ccc(Cn2cncn2)cc1. The Hall–Kier alpha value is -3.48. The Labute approximate surface area is 169 Å². The van der Waals surface area contributed by atoms with Crippen molar-refractivity contribution in [2.75, 3.05) is 0 Å². The Morgan fingerprint density at radius 3 is 2.48 bits per heavy atom. The fraction of sp³-hybridized carbons (Fsp3) is 0.273. The van der Waals surface area contributed by atoms with Gasteiger partial charge in [0, 0.05) is 26.4 Å². The molecule has 0 unspecified atom stereocenters. The Kier molecular flexibility index (Phi) is 5.37. The smallest absolute Gasteiger partial charge is 0.243 e. The summed E-state index contributed by atoms with van der Waals surface area (Å²) in [6.07, 6.45) is 3.73. The third kappa shape index (κ3) is 4.34. The fourth-order valence-electron chi connectivity index (χ4n) is 3.66. The monoisotopic (exact) mass is 389 g/mol. The molecule has 1 N–H and O–H groups in total. The zero-order chi connectivity index (χ0) is 20.2. The van der Waals surface area contributed by atoms with E-state index in [1.807, 2.05) is 48.5 Å². The lowest BCUT2D eigenvalue weighted by Crippen LogP contribution is -2.51. The van der Waals surface area contributed by atoms with Gasteiger partial charge >= 0.3 is 0 Å². The minimum Gasteiger partial charge on any atom is -0.350 e. The average molecular weight is 389 g/mol. The highest BCUT2D eigenvalue weighted by Crippen LogP contribution is 2.23. The molecule has 0 fully saturated rings. The van der Waals surface area contributed by atoms with Gasteiger partial charge in [0.2, 0.25) is 11.8 Å². The van der Waals surface area contributed by atoms with E-state index in [1.54, 1.807) is 15.9 Å².